The van der Waals surface area contributed by atoms with Crippen LogP contribution in [0.1, 0.15) is 36.4 Å². The fourth-order valence-electron chi connectivity index (χ4n) is 1.96. The van der Waals surface area contributed by atoms with Crippen molar-refractivity contribution in [3.05, 3.63) is 35.4 Å². The molecule has 0 saturated heterocycles. The van der Waals surface area contributed by atoms with Crippen molar-refractivity contribution in [2.45, 2.75) is 31.2 Å². The van der Waals surface area contributed by atoms with Crippen molar-refractivity contribution in [3.63, 3.8) is 0 Å². The van der Waals surface area contributed by atoms with Crippen LogP contribution in [0.4, 0.5) is 8.78 Å². The Morgan fingerprint density at radius 1 is 1.50 bits per heavy atom. The van der Waals surface area contributed by atoms with Gasteiger partial charge < -0.3 is 10.8 Å². The van der Waals surface area contributed by atoms with Gasteiger partial charge in [-0.15, -0.1) is 0 Å². The van der Waals surface area contributed by atoms with Crippen LogP contribution >= 0.6 is 0 Å². The number of carboxylic acid groups (broad SMARTS) is 1. The van der Waals surface area contributed by atoms with Crippen LogP contribution < -0.4 is 5.73 Å². The number of halogens is 2. The summed E-state index contributed by atoms with van der Waals surface area (Å²) in [6.45, 7) is 0. The summed E-state index contributed by atoms with van der Waals surface area (Å²) < 4.78 is 27.8. The minimum absolute atomic E-state index is 0.0664. The van der Waals surface area contributed by atoms with Crippen LogP contribution in [0.3, 0.4) is 0 Å². The van der Waals surface area contributed by atoms with E-state index < -0.39 is 23.9 Å². The first kappa shape index (κ1) is 13.0. The van der Waals surface area contributed by atoms with Crippen LogP contribution in [0, 0.1) is 5.92 Å². The molecule has 0 radical (unpaired) electrons. The average molecular weight is 255 g/mol. The summed E-state index contributed by atoms with van der Waals surface area (Å²) in [4.78, 5) is 10.6. The van der Waals surface area contributed by atoms with Gasteiger partial charge in [-0.05, 0) is 24.5 Å². The van der Waals surface area contributed by atoms with Gasteiger partial charge >= 0.3 is 5.97 Å². The summed E-state index contributed by atoms with van der Waals surface area (Å²) in [6.07, 6.45) is 0.815. The molecule has 1 fully saturated rings. The van der Waals surface area contributed by atoms with E-state index in [-0.39, 0.29) is 12.0 Å². The Morgan fingerprint density at radius 2 is 2.17 bits per heavy atom. The topological polar surface area (TPSA) is 63.3 Å². The van der Waals surface area contributed by atoms with E-state index in [1.54, 1.807) is 6.07 Å². The van der Waals surface area contributed by atoms with Crippen LogP contribution in [0.2, 0.25) is 0 Å². The van der Waals surface area contributed by atoms with E-state index in [0.717, 1.165) is 0 Å². The van der Waals surface area contributed by atoms with Crippen molar-refractivity contribution in [2.24, 2.45) is 11.7 Å². The highest BCUT2D eigenvalue weighted by Gasteiger charge is 2.47. The van der Waals surface area contributed by atoms with Crippen molar-refractivity contribution in [1.29, 1.82) is 0 Å². The van der Waals surface area contributed by atoms with Crippen molar-refractivity contribution in [1.82, 2.24) is 0 Å². The average Bonchev–Trinajstić information content (AvgIpc) is 3.12. The fourth-order valence-corrected chi connectivity index (χ4v) is 1.96. The standard InChI is InChI=1S/C13H15F2NO2/c14-13(15,9-4-5-9)10-3-1-2-8(6-10)11(16)7-12(17)18/h1-3,6,9,11H,4-5,7,16H2,(H,17,18). The maximum absolute atomic E-state index is 13.9. The molecule has 0 amide bonds. The summed E-state index contributed by atoms with van der Waals surface area (Å²) in [7, 11) is 0. The minimum atomic E-state index is -2.83. The predicted octanol–water partition coefficient (Wildman–Crippen LogP) is 2.66. The maximum Gasteiger partial charge on any atom is 0.305 e. The molecule has 1 saturated carbocycles. The molecular formula is C13H15F2NO2. The van der Waals surface area contributed by atoms with Crippen molar-refractivity contribution in [3.8, 4) is 0 Å². The second kappa shape index (κ2) is 4.65. The van der Waals surface area contributed by atoms with Gasteiger partial charge in [0.2, 0.25) is 0 Å². The highest BCUT2D eigenvalue weighted by atomic mass is 19.3. The number of nitrogens with two attached hydrogens (primary N) is 1. The number of alkyl halides is 2. The van der Waals surface area contributed by atoms with Gasteiger partial charge in [0.25, 0.3) is 5.92 Å². The lowest BCUT2D eigenvalue weighted by Crippen LogP contribution is -2.19. The molecule has 0 aliphatic heterocycles. The largest absolute Gasteiger partial charge is 0.481 e. The zero-order chi connectivity index (χ0) is 13.3. The van der Waals surface area contributed by atoms with Gasteiger partial charge in [-0.2, -0.15) is 0 Å². The predicted molar refractivity (Wildman–Crippen MR) is 62.2 cm³/mol. The van der Waals surface area contributed by atoms with Crippen molar-refractivity contribution >= 4 is 5.97 Å². The van der Waals surface area contributed by atoms with E-state index in [0.29, 0.717) is 18.4 Å². The van der Waals surface area contributed by atoms with Gasteiger partial charge in [0, 0.05) is 17.5 Å². The number of carboxylic acids is 1. The third-order valence-electron chi connectivity index (χ3n) is 3.18. The molecule has 98 valence electrons. The van der Waals surface area contributed by atoms with Gasteiger partial charge in [-0.25, -0.2) is 8.78 Å². The third-order valence-corrected chi connectivity index (χ3v) is 3.18. The lowest BCUT2D eigenvalue weighted by atomic mass is 9.97. The molecule has 1 unspecified atom stereocenters. The summed E-state index contributed by atoms with van der Waals surface area (Å²) in [5, 5.41) is 8.64. The van der Waals surface area contributed by atoms with Crippen LogP contribution in [-0.4, -0.2) is 11.1 Å². The maximum atomic E-state index is 13.9. The number of benzene rings is 1. The molecule has 1 aromatic carbocycles. The van der Waals surface area contributed by atoms with Crippen LogP contribution in [0.25, 0.3) is 0 Å². The number of hydrogen-bond acceptors (Lipinski definition) is 2. The first-order valence-electron chi connectivity index (χ1n) is 5.87. The van der Waals surface area contributed by atoms with Crippen LogP contribution in [0.5, 0.6) is 0 Å². The van der Waals surface area contributed by atoms with E-state index in [2.05, 4.69) is 0 Å². The number of carbonyl (C=O) groups is 1. The Hall–Kier alpha value is -1.49. The SMILES string of the molecule is NC(CC(=O)O)c1cccc(C(F)(F)C2CC2)c1. The molecule has 3 N–H and O–H groups in total. The smallest absolute Gasteiger partial charge is 0.305 e. The molecule has 3 nitrogen and oxygen atoms in total. The van der Waals surface area contributed by atoms with E-state index in [4.69, 9.17) is 10.8 Å². The van der Waals surface area contributed by atoms with E-state index in [9.17, 15) is 13.6 Å². The monoisotopic (exact) mass is 255 g/mol. The lowest BCUT2D eigenvalue weighted by molar-refractivity contribution is -0.137. The summed E-state index contributed by atoms with van der Waals surface area (Å²) in [6, 6.07) is 5.03. The highest BCUT2D eigenvalue weighted by molar-refractivity contribution is 5.67. The quantitative estimate of drug-likeness (QED) is 0.850. The summed E-state index contributed by atoms with van der Waals surface area (Å²) in [5.41, 5.74) is 6.05. The molecule has 0 spiro atoms. The van der Waals surface area contributed by atoms with Gasteiger partial charge in [-0.3, -0.25) is 4.79 Å². The second-order valence-electron chi connectivity index (χ2n) is 4.73. The molecule has 0 heterocycles. The third kappa shape index (κ3) is 2.67. The summed E-state index contributed by atoms with van der Waals surface area (Å²) in [5.74, 6) is -4.45. The molecule has 0 aromatic heterocycles. The molecule has 2 rings (SSSR count). The Labute approximate surface area is 104 Å². The molecule has 1 aliphatic rings. The van der Waals surface area contributed by atoms with Gasteiger partial charge in [0.1, 0.15) is 0 Å². The van der Waals surface area contributed by atoms with E-state index >= 15 is 0 Å². The van der Waals surface area contributed by atoms with Gasteiger partial charge in [0.05, 0.1) is 6.42 Å². The zero-order valence-corrected chi connectivity index (χ0v) is 9.77. The van der Waals surface area contributed by atoms with Gasteiger partial charge in [0.15, 0.2) is 0 Å². The van der Waals surface area contributed by atoms with Crippen molar-refractivity contribution in [2.75, 3.05) is 0 Å². The van der Waals surface area contributed by atoms with E-state index in [1.807, 2.05) is 0 Å². The first-order chi connectivity index (χ1) is 8.41. The van der Waals surface area contributed by atoms with Crippen molar-refractivity contribution < 1.29 is 18.7 Å². The Balaban J connectivity index is 2.21. The second-order valence-corrected chi connectivity index (χ2v) is 4.73. The Kier molecular flexibility index (Phi) is 3.34. The Bertz CT molecular complexity index is 458. The highest BCUT2D eigenvalue weighted by Crippen LogP contribution is 2.49. The van der Waals surface area contributed by atoms with Gasteiger partial charge in [-0.1, -0.05) is 18.2 Å². The molecule has 1 atom stereocenters. The molecular weight excluding hydrogens is 240 g/mol. The zero-order valence-electron chi connectivity index (χ0n) is 9.77. The molecule has 1 aromatic rings. The molecule has 1 aliphatic carbocycles. The molecule has 18 heavy (non-hydrogen) atoms. The lowest BCUT2D eigenvalue weighted by Gasteiger charge is -2.18. The number of aliphatic carboxylic acids is 1. The summed E-state index contributed by atoms with van der Waals surface area (Å²) >= 11 is 0. The van der Waals surface area contributed by atoms with Crippen LogP contribution in [0.15, 0.2) is 24.3 Å². The fraction of sp³-hybridized carbons (Fsp3) is 0.462. The normalized spacial score (nSPS) is 17.5. The number of hydrogen-bond donors (Lipinski definition) is 2. The van der Waals surface area contributed by atoms with Crippen LogP contribution in [-0.2, 0) is 10.7 Å². The molecule has 0 bridgehead atoms. The Morgan fingerprint density at radius 3 is 2.72 bits per heavy atom. The molecule has 5 heteroatoms. The number of rotatable bonds is 5. The first-order valence-corrected chi connectivity index (χ1v) is 5.87. The van der Waals surface area contributed by atoms with E-state index in [1.165, 1.54) is 18.2 Å². The minimum Gasteiger partial charge on any atom is -0.481 e.